The number of fused-ring (bicyclic) bond motifs is 1. The van der Waals surface area contributed by atoms with Crippen LogP contribution >= 0.6 is 11.3 Å². The molecule has 248 valence electrons. The molecule has 3 heterocycles. The number of nitrogens with zero attached hydrogens (tertiary/aromatic N) is 2. The summed E-state index contributed by atoms with van der Waals surface area (Å²) >= 11 is 1.48. The molecule has 2 fully saturated rings. The van der Waals surface area contributed by atoms with E-state index in [0.717, 1.165) is 16.1 Å². The van der Waals surface area contributed by atoms with Crippen LogP contribution in [-0.4, -0.2) is 96.8 Å². The van der Waals surface area contributed by atoms with Crippen LogP contribution in [0.5, 0.6) is 0 Å². The Morgan fingerprint density at radius 3 is 2.26 bits per heavy atom. The SMILES string of the molecule is Cc1ncsc1-c1ccc([C@@H]2NC(=O)[C@@H]3CCCN3C(=O)C(C(C)(C)C)NC(=O)COCCNC(=O)CNC(=O)CNC2=O)cc1. The quantitative estimate of drug-likeness (QED) is 0.303. The first-order chi connectivity index (χ1) is 21.8. The van der Waals surface area contributed by atoms with Crippen LogP contribution in [0.4, 0.5) is 0 Å². The predicted octanol–water partition coefficient (Wildman–Crippen LogP) is 0.177. The average molecular weight is 656 g/mol. The highest BCUT2D eigenvalue weighted by Crippen LogP contribution is 2.29. The van der Waals surface area contributed by atoms with E-state index in [1.165, 1.54) is 16.2 Å². The van der Waals surface area contributed by atoms with Crippen LogP contribution in [0.2, 0.25) is 0 Å². The minimum atomic E-state index is -1.19. The van der Waals surface area contributed by atoms with E-state index in [0.29, 0.717) is 24.9 Å². The van der Waals surface area contributed by atoms with Gasteiger partial charge in [-0.05, 0) is 36.3 Å². The number of hydrogen-bond donors (Lipinski definition) is 5. The van der Waals surface area contributed by atoms with Crippen molar-refractivity contribution in [2.75, 3.05) is 39.4 Å². The second-order valence-corrected chi connectivity index (χ2v) is 13.1. The molecule has 14 nitrogen and oxygen atoms in total. The van der Waals surface area contributed by atoms with Crippen LogP contribution in [0.1, 0.15) is 50.9 Å². The lowest BCUT2D eigenvalue weighted by Crippen LogP contribution is -2.58. The zero-order chi connectivity index (χ0) is 33.4. The lowest BCUT2D eigenvalue weighted by Gasteiger charge is -2.35. The minimum absolute atomic E-state index is 0.0256. The van der Waals surface area contributed by atoms with Crippen molar-refractivity contribution in [1.82, 2.24) is 36.5 Å². The Bertz CT molecular complexity index is 1450. The second-order valence-electron chi connectivity index (χ2n) is 12.3. The molecule has 0 radical (unpaired) electrons. The summed E-state index contributed by atoms with van der Waals surface area (Å²) in [4.78, 5) is 85.1. The van der Waals surface area contributed by atoms with Crippen molar-refractivity contribution in [3.63, 3.8) is 0 Å². The van der Waals surface area contributed by atoms with Gasteiger partial charge in [0.25, 0.3) is 0 Å². The Morgan fingerprint density at radius 2 is 1.59 bits per heavy atom. The van der Waals surface area contributed by atoms with Gasteiger partial charge in [-0.15, -0.1) is 11.3 Å². The molecule has 46 heavy (non-hydrogen) atoms. The Balaban J connectivity index is 1.62. The first-order valence-electron chi connectivity index (χ1n) is 15.1. The van der Waals surface area contributed by atoms with E-state index in [1.807, 2.05) is 39.8 Å². The van der Waals surface area contributed by atoms with Crippen molar-refractivity contribution in [1.29, 1.82) is 0 Å². The molecular weight excluding hydrogens is 614 g/mol. The van der Waals surface area contributed by atoms with E-state index in [2.05, 4.69) is 31.6 Å². The fourth-order valence-corrected chi connectivity index (χ4v) is 6.08. The molecule has 15 heteroatoms. The zero-order valence-corrected chi connectivity index (χ0v) is 27.3. The van der Waals surface area contributed by atoms with Crippen molar-refractivity contribution in [2.24, 2.45) is 5.41 Å². The van der Waals surface area contributed by atoms with Gasteiger partial charge in [-0.25, -0.2) is 4.98 Å². The number of rotatable bonds is 2. The molecule has 0 bridgehead atoms. The molecule has 3 atom stereocenters. The highest BCUT2D eigenvalue weighted by molar-refractivity contribution is 7.13. The Hall–Kier alpha value is -4.37. The number of benzene rings is 1. The summed E-state index contributed by atoms with van der Waals surface area (Å²) in [6.45, 7) is 6.64. The van der Waals surface area contributed by atoms with Crippen LogP contribution in [-0.2, 0) is 33.5 Å². The number of nitrogens with one attached hydrogen (secondary N) is 5. The third-order valence-electron chi connectivity index (χ3n) is 7.73. The molecule has 0 aliphatic carbocycles. The molecule has 2 saturated heterocycles. The summed E-state index contributed by atoms with van der Waals surface area (Å²) in [5, 5.41) is 13.1. The van der Waals surface area contributed by atoms with Crippen molar-refractivity contribution in [3.05, 3.63) is 41.0 Å². The first-order valence-corrected chi connectivity index (χ1v) is 16.0. The van der Waals surface area contributed by atoms with Crippen LogP contribution < -0.4 is 26.6 Å². The van der Waals surface area contributed by atoms with Gasteiger partial charge in [0, 0.05) is 13.1 Å². The highest BCUT2D eigenvalue weighted by Gasteiger charge is 2.42. The summed E-state index contributed by atoms with van der Waals surface area (Å²) in [6.07, 6.45) is 0.927. The second kappa shape index (κ2) is 15.3. The van der Waals surface area contributed by atoms with Gasteiger partial charge in [0.05, 0.1) is 35.8 Å². The van der Waals surface area contributed by atoms with Crippen molar-refractivity contribution >= 4 is 46.8 Å². The van der Waals surface area contributed by atoms with E-state index in [9.17, 15) is 28.8 Å². The van der Waals surface area contributed by atoms with Gasteiger partial charge >= 0.3 is 0 Å². The summed E-state index contributed by atoms with van der Waals surface area (Å²) in [6, 6.07) is 4.06. The number of carbonyl (C=O) groups excluding carboxylic acids is 6. The number of aryl methyl sites for hydroxylation is 1. The average Bonchev–Trinajstić information content (AvgIpc) is 3.68. The molecular formula is C31H41N7O7S. The van der Waals surface area contributed by atoms with Gasteiger partial charge in [0.2, 0.25) is 35.4 Å². The van der Waals surface area contributed by atoms with Gasteiger partial charge < -0.3 is 36.2 Å². The molecule has 1 aromatic heterocycles. The third-order valence-corrected chi connectivity index (χ3v) is 8.71. The summed E-state index contributed by atoms with van der Waals surface area (Å²) in [7, 11) is 0. The molecule has 2 aliphatic rings. The zero-order valence-electron chi connectivity index (χ0n) is 26.4. The summed E-state index contributed by atoms with van der Waals surface area (Å²) in [5.41, 5.74) is 3.27. The van der Waals surface area contributed by atoms with Gasteiger partial charge in [-0.2, -0.15) is 0 Å². The lowest BCUT2D eigenvalue weighted by molar-refractivity contribution is -0.145. The van der Waals surface area contributed by atoms with Gasteiger partial charge in [0.15, 0.2) is 0 Å². The van der Waals surface area contributed by atoms with Crippen LogP contribution in [0.15, 0.2) is 29.8 Å². The standard InChI is InChI=1S/C31H41N7O7S/c1-18-26(46-17-35-18)20-9-7-19(8-10-20)25-29(43)34-15-23(40)33-14-22(39)32-11-13-45-16-24(41)36-27(31(2,3)4)30(44)38-12-5-6-21(38)28(42)37-25/h7-10,17,21,25,27H,5-6,11-16H2,1-4H3,(H,32,39)(H,33,40)(H,34,43)(H,36,41)(H,37,42)/t21-,25-,27?/m0/s1. The van der Waals surface area contributed by atoms with E-state index < -0.39 is 65.5 Å². The number of hydrogen-bond acceptors (Lipinski definition) is 9. The maximum atomic E-state index is 13.9. The molecule has 2 aromatic rings. The van der Waals surface area contributed by atoms with Gasteiger partial charge in [-0.3, -0.25) is 28.8 Å². The topological polar surface area (TPSA) is 188 Å². The molecule has 4 rings (SSSR count). The molecule has 0 saturated carbocycles. The van der Waals surface area contributed by atoms with Crippen molar-refractivity contribution < 1.29 is 33.5 Å². The largest absolute Gasteiger partial charge is 0.370 e. The summed E-state index contributed by atoms with van der Waals surface area (Å²) in [5.74, 6) is -3.22. The lowest BCUT2D eigenvalue weighted by atomic mass is 9.85. The normalized spacial score (nSPS) is 23.3. The fraction of sp³-hybridized carbons (Fsp3) is 0.516. The Morgan fingerprint density at radius 1 is 0.891 bits per heavy atom. The Kier molecular flexibility index (Phi) is 11.5. The van der Waals surface area contributed by atoms with Gasteiger partial charge in [-0.1, -0.05) is 45.0 Å². The van der Waals surface area contributed by atoms with E-state index >= 15 is 0 Å². The number of aromatic nitrogens is 1. The number of carbonyl (C=O) groups is 6. The molecule has 0 spiro atoms. The van der Waals surface area contributed by atoms with E-state index in [1.54, 1.807) is 17.6 Å². The van der Waals surface area contributed by atoms with Crippen LogP contribution in [0, 0.1) is 12.3 Å². The molecule has 1 aromatic carbocycles. The predicted molar refractivity (Wildman–Crippen MR) is 169 cm³/mol. The smallest absolute Gasteiger partial charge is 0.247 e. The van der Waals surface area contributed by atoms with Crippen LogP contribution in [0.3, 0.4) is 0 Å². The number of thiazole rings is 1. The van der Waals surface area contributed by atoms with E-state index in [-0.39, 0.29) is 26.3 Å². The molecule has 2 aliphatic heterocycles. The fourth-order valence-electron chi connectivity index (χ4n) is 5.27. The maximum absolute atomic E-state index is 13.9. The van der Waals surface area contributed by atoms with E-state index in [4.69, 9.17) is 4.74 Å². The highest BCUT2D eigenvalue weighted by atomic mass is 32.1. The van der Waals surface area contributed by atoms with Crippen LogP contribution in [0.25, 0.3) is 10.4 Å². The minimum Gasteiger partial charge on any atom is -0.370 e. The molecule has 6 amide bonds. The third kappa shape index (κ3) is 8.88. The summed E-state index contributed by atoms with van der Waals surface area (Å²) < 4.78 is 5.36. The monoisotopic (exact) mass is 655 g/mol. The van der Waals surface area contributed by atoms with Crippen molar-refractivity contribution in [2.45, 2.75) is 58.7 Å². The number of amides is 6. The first kappa shape index (κ1) is 34.5. The van der Waals surface area contributed by atoms with Gasteiger partial charge in [0.1, 0.15) is 24.7 Å². The molecule has 5 N–H and O–H groups in total. The maximum Gasteiger partial charge on any atom is 0.247 e. The van der Waals surface area contributed by atoms with Crippen molar-refractivity contribution in [3.8, 4) is 10.4 Å². The Labute approximate surface area is 271 Å². The number of ether oxygens (including phenoxy) is 1. The molecule has 1 unspecified atom stereocenters.